The van der Waals surface area contributed by atoms with Gasteiger partial charge in [-0.3, -0.25) is 0 Å². The lowest BCUT2D eigenvalue weighted by molar-refractivity contribution is -0.147. The summed E-state index contributed by atoms with van der Waals surface area (Å²) < 4.78 is 51.0. The van der Waals surface area contributed by atoms with Crippen molar-refractivity contribution in [3.05, 3.63) is 46.2 Å². The minimum atomic E-state index is -4.71. The number of benzene rings is 1. The van der Waals surface area contributed by atoms with Gasteiger partial charge < -0.3 is 0 Å². The Morgan fingerprint density at radius 3 is 2.63 bits per heavy atom. The monoisotopic (exact) mass is 290 g/mol. The molecule has 1 aromatic carbocycles. The van der Waals surface area contributed by atoms with Crippen molar-refractivity contribution in [2.24, 2.45) is 5.10 Å². The molecule has 2 rings (SSSR count). The van der Waals surface area contributed by atoms with Crippen LogP contribution < -0.4 is 0 Å². The van der Waals surface area contributed by atoms with Crippen LogP contribution in [-0.4, -0.2) is 21.1 Å². The molecule has 0 aliphatic heterocycles. The van der Waals surface area contributed by atoms with Crippen LogP contribution in [0.5, 0.6) is 0 Å². The van der Waals surface area contributed by atoms with E-state index in [0.717, 1.165) is 6.21 Å². The molecule has 2 aromatic rings. The summed E-state index contributed by atoms with van der Waals surface area (Å²) in [5.41, 5.74) is 0.0405. The average Bonchev–Trinajstić information content (AvgIpc) is 2.69. The quantitative estimate of drug-likeness (QED) is 0.525. The maximum Gasteiger partial charge on any atom is 0.453 e. The summed E-state index contributed by atoms with van der Waals surface area (Å²) in [6, 6.07) is 5.53. The van der Waals surface area contributed by atoms with Gasteiger partial charge in [0.2, 0.25) is 4.77 Å². The molecule has 0 spiro atoms. The van der Waals surface area contributed by atoms with Gasteiger partial charge in [-0.1, -0.05) is 18.2 Å². The molecule has 1 N–H and O–H groups in total. The summed E-state index contributed by atoms with van der Waals surface area (Å²) in [7, 11) is 0. The summed E-state index contributed by atoms with van der Waals surface area (Å²) in [5, 5.41) is 8.51. The fourth-order valence-corrected chi connectivity index (χ4v) is 1.46. The predicted octanol–water partition coefficient (Wildman–Crippen LogP) is 2.98. The van der Waals surface area contributed by atoms with Gasteiger partial charge in [-0.05, 0) is 18.3 Å². The number of hydrogen-bond acceptors (Lipinski definition) is 3. The van der Waals surface area contributed by atoms with Crippen LogP contribution in [0.2, 0.25) is 0 Å². The number of halogens is 4. The normalized spacial score (nSPS) is 12.2. The number of hydrogen-bond donors (Lipinski definition) is 1. The minimum absolute atomic E-state index is 0.0405. The number of rotatable bonds is 2. The Balaban J connectivity index is 2.42. The smallest absolute Gasteiger partial charge is 0.250 e. The van der Waals surface area contributed by atoms with Crippen LogP contribution >= 0.6 is 12.2 Å². The number of alkyl halides is 3. The van der Waals surface area contributed by atoms with E-state index in [4.69, 9.17) is 0 Å². The standard InChI is InChI=1S/C10H6F4N4S/c11-7-4-2-1-3-6(7)5-15-18-8(10(12,13)14)16-17-9(18)19/h1-5H,(H,17,19)/b15-5+. The minimum Gasteiger partial charge on any atom is -0.250 e. The van der Waals surface area contributed by atoms with Gasteiger partial charge in [0, 0.05) is 5.56 Å². The highest BCUT2D eigenvalue weighted by molar-refractivity contribution is 7.71. The van der Waals surface area contributed by atoms with E-state index in [-0.39, 0.29) is 10.3 Å². The van der Waals surface area contributed by atoms with Gasteiger partial charge in [0.05, 0.1) is 6.21 Å². The molecule has 0 saturated heterocycles. The Hall–Kier alpha value is -2.03. The molecule has 0 atom stereocenters. The SMILES string of the molecule is Fc1ccccc1/C=N/n1c(C(F)(F)F)n[nH]c1=S. The van der Waals surface area contributed by atoms with Gasteiger partial charge in [-0.2, -0.15) is 22.9 Å². The molecular weight excluding hydrogens is 284 g/mol. The number of aromatic nitrogens is 3. The molecule has 0 bridgehead atoms. The van der Waals surface area contributed by atoms with Crippen molar-refractivity contribution in [1.29, 1.82) is 0 Å². The van der Waals surface area contributed by atoms with Gasteiger partial charge >= 0.3 is 6.18 Å². The largest absolute Gasteiger partial charge is 0.453 e. The Morgan fingerprint density at radius 2 is 2.00 bits per heavy atom. The van der Waals surface area contributed by atoms with E-state index < -0.39 is 17.8 Å². The van der Waals surface area contributed by atoms with E-state index in [1.165, 1.54) is 24.3 Å². The van der Waals surface area contributed by atoms with E-state index in [1.807, 2.05) is 5.10 Å². The van der Waals surface area contributed by atoms with Crippen LogP contribution in [0.1, 0.15) is 11.4 Å². The first-order valence-electron chi connectivity index (χ1n) is 4.93. The first-order chi connectivity index (χ1) is 8.89. The molecule has 1 heterocycles. The van der Waals surface area contributed by atoms with Crippen molar-refractivity contribution >= 4 is 18.4 Å². The molecule has 0 radical (unpaired) electrons. The van der Waals surface area contributed by atoms with Crippen LogP contribution in [-0.2, 0) is 6.18 Å². The number of nitrogens with one attached hydrogen (secondary N) is 1. The Labute approximate surface area is 109 Å². The molecule has 100 valence electrons. The summed E-state index contributed by atoms with van der Waals surface area (Å²) in [6.07, 6.45) is -3.77. The fourth-order valence-electron chi connectivity index (χ4n) is 1.28. The molecular formula is C10H6F4N4S. The molecule has 1 aromatic heterocycles. The van der Waals surface area contributed by atoms with Crippen molar-refractivity contribution in [3.63, 3.8) is 0 Å². The lowest BCUT2D eigenvalue weighted by atomic mass is 10.2. The summed E-state index contributed by atoms with van der Waals surface area (Å²) in [4.78, 5) is 0. The molecule has 0 saturated carbocycles. The van der Waals surface area contributed by atoms with Crippen molar-refractivity contribution < 1.29 is 17.6 Å². The zero-order valence-corrected chi connectivity index (χ0v) is 9.96. The molecule has 0 aliphatic rings. The molecule has 0 amide bonds. The summed E-state index contributed by atoms with van der Waals surface area (Å²) in [5.74, 6) is -1.90. The molecule has 4 nitrogen and oxygen atoms in total. The van der Waals surface area contributed by atoms with Crippen molar-refractivity contribution in [2.45, 2.75) is 6.18 Å². The second-order valence-electron chi connectivity index (χ2n) is 3.43. The fraction of sp³-hybridized carbons (Fsp3) is 0.100. The van der Waals surface area contributed by atoms with Gasteiger partial charge in [0.25, 0.3) is 5.82 Å². The molecule has 19 heavy (non-hydrogen) atoms. The van der Waals surface area contributed by atoms with E-state index in [9.17, 15) is 17.6 Å². The third-order valence-corrected chi connectivity index (χ3v) is 2.39. The van der Waals surface area contributed by atoms with Crippen LogP contribution in [0.3, 0.4) is 0 Å². The van der Waals surface area contributed by atoms with Crippen LogP contribution in [0, 0.1) is 10.6 Å². The Kier molecular flexibility index (Phi) is 3.47. The van der Waals surface area contributed by atoms with Crippen molar-refractivity contribution in [3.8, 4) is 0 Å². The third kappa shape index (κ3) is 2.87. The number of nitrogens with zero attached hydrogens (tertiary/aromatic N) is 3. The van der Waals surface area contributed by atoms with Gasteiger partial charge in [-0.25, -0.2) is 9.49 Å². The maximum absolute atomic E-state index is 13.3. The van der Waals surface area contributed by atoms with Crippen LogP contribution in [0.4, 0.5) is 17.6 Å². The number of H-pyrrole nitrogens is 1. The van der Waals surface area contributed by atoms with Crippen LogP contribution in [0.25, 0.3) is 0 Å². The van der Waals surface area contributed by atoms with Gasteiger partial charge in [0.1, 0.15) is 5.82 Å². The Bertz CT molecular complexity index is 671. The lowest BCUT2D eigenvalue weighted by Crippen LogP contribution is -2.12. The zero-order chi connectivity index (χ0) is 14.0. The highest BCUT2D eigenvalue weighted by Crippen LogP contribution is 2.27. The Morgan fingerprint density at radius 1 is 1.32 bits per heavy atom. The van der Waals surface area contributed by atoms with Gasteiger partial charge in [-0.15, -0.1) is 5.10 Å². The first-order valence-corrected chi connectivity index (χ1v) is 5.34. The second kappa shape index (κ2) is 4.92. The molecule has 0 aliphatic carbocycles. The lowest BCUT2D eigenvalue weighted by Gasteiger charge is -2.04. The molecule has 9 heteroatoms. The molecule has 0 fully saturated rings. The zero-order valence-electron chi connectivity index (χ0n) is 9.15. The van der Waals surface area contributed by atoms with Crippen LogP contribution in [0.15, 0.2) is 29.4 Å². The highest BCUT2D eigenvalue weighted by Gasteiger charge is 2.37. The number of aromatic amines is 1. The predicted molar refractivity (Wildman–Crippen MR) is 61.8 cm³/mol. The third-order valence-electron chi connectivity index (χ3n) is 2.12. The van der Waals surface area contributed by atoms with Crippen molar-refractivity contribution in [1.82, 2.24) is 14.9 Å². The second-order valence-corrected chi connectivity index (χ2v) is 3.81. The summed E-state index contributed by atoms with van der Waals surface area (Å²) >= 11 is 4.63. The van der Waals surface area contributed by atoms with E-state index in [1.54, 1.807) is 0 Å². The van der Waals surface area contributed by atoms with E-state index >= 15 is 0 Å². The highest BCUT2D eigenvalue weighted by atomic mass is 32.1. The molecule has 0 unspecified atom stereocenters. The van der Waals surface area contributed by atoms with E-state index in [2.05, 4.69) is 22.4 Å². The maximum atomic E-state index is 13.3. The van der Waals surface area contributed by atoms with E-state index in [0.29, 0.717) is 4.68 Å². The summed E-state index contributed by atoms with van der Waals surface area (Å²) in [6.45, 7) is 0. The topological polar surface area (TPSA) is 46.0 Å². The average molecular weight is 290 g/mol. The van der Waals surface area contributed by atoms with Crippen molar-refractivity contribution in [2.75, 3.05) is 0 Å². The van der Waals surface area contributed by atoms with Gasteiger partial charge in [0.15, 0.2) is 0 Å². The first kappa shape index (κ1) is 13.4.